The standard InChI is InChI=1S/C25H27ClN2O4/c26-22-11-9-21(10-12-22)25(32-18-19-5-2-1-3-6-19)13-14-27-16-24(25)31-17-20-7-4-8-23(15-20)28(29)30/h1-12,15,24,27-29H,13-14,16-18H2. The van der Waals surface area contributed by atoms with Crippen LogP contribution in [0.15, 0.2) is 78.9 Å². The van der Waals surface area contributed by atoms with Crippen LogP contribution in [-0.4, -0.2) is 24.4 Å². The molecule has 0 spiro atoms. The number of rotatable bonds is 8. The highest BCUT2D eigenvalue weighted by Crippen LogP contribution is 2.38. The fraction of sp³-hybridized carbons (Fsp3) is 0.280. The summed E-state index contributed by atoms with van der Waals surface area (Å²) in [6, 6.07) is 24.7. The van der Waals surface area contributed by atoms with Gasteiger partial charge in [0.1, 0.15) is 11.7 Å². The lowest BCUT2D eigenvalue weighted by Crippen LogP contribution is -2.99. The SMILES string of the molecule is [O-][NH+](O)c1cccc(COC2CNCCC2(OCc2ccccc2)c2ccc(Cl)cc2)c1. The second-order valence-electron chi connectivity index (χ2n) is 7.93. The maximum atomic E-state index is 11.3. The van der Waals surface area contributed by atoms with Gasteiger partial charge in [0.25, 0.3) is 0 Å². The van der Waals surface area contributed by atoms with Gasteiger partial charge in [0.15, 0.2) is 5.69 Å². The van der Waals surface area contributed by atoms with Crippen molar-refractivity contribution in [1.82, 2.24) is 5.32 Å². The van der Waals surface area contributed by atoms with Crippen LogP contribution in [0.25, 0.3) is 0 Å². The molecule has 3 N–H and O–H groups in total. The lowest BCUT2D eigenvalue weighted by atomic mass is 9.82. The maximum absolute atomic E-state index is 11.3. The van der Waals surface area contributed by atoms with E-state index in [0.717, 1.165) is 29.7 Å². The van der Waals surface area contributed by atoms with Crippen molar-refractivity contribution in [3.8, 4) is 0 Å². The van der Waals surface area contributed by atoms with Crippen molar-refractivity contribution in [2.45, 2.75) is 31.3 Å². The Morgan fingerprint density at radius 2 is 1.75 bits per heavy atom. The van der Waals surface area contributed by atoms with E-state index in [9.17, 15) is 10.4 Å². The molecule has 3 aromatic rings. The predicted molar refractivity (Wildman–Crippen MR) is 123 cm³/mol. The van der Waals surface area contributed by atoms with Crippen molar-refractivity contribution in [3.63, 3.8) is 0 Å². The summed E-state index contributed by atoms with van der Waals surface area (Å²) < 4.78 is 13.0. The molecule has 1 heterocycles. The van der Waals surface area contributed by atoms with Gasteiger partial charge in [-0.15, -0.1) is 0 Å². The Morgan fingerprint density at radius 3 is 2.50 bits per heavy atom. The van der Waals surface area contributed by atoms with E-state index in [0.29, 0.717) is 18.2 Å². The molecule has 0 aromatic heterocycles. The summed E-state index contributed by atoms with van der Waals surface area (Å²) >= 11 is 6.15. The second kappa shape index (κ2) is 10.6. The van der Waals surface area contributed by atoms with Crippen molar-refractivity contribution < 1.29 is 19.9 Å². The summed E-state index contributed by atoms with van der Waals surface area (Å²) in [6.07, 6.45) is 0.469. The molecule has 3 unspecified atom stereocenters. The Balaban J connectivity index is 1.60. The number of nitrogens with one attached hydrogen (secondary N) is 2. The number of ether oxygens (including phenoxy) is 2. The molecule has 1 fully saturated rings. The number of benzene rings is 3. The van der Waals surface area contributed by atoms with Crippen LogP contribution in [0.1, 0.15) is 23.1 Å². The molecule has 32 heavy (non-hydrogen) atoms. The van der Waals surface area contributed by atoms with E-state index in [1.54, 1.807) is 18.2 Å². The summed E-state index contributed by atoms with van der Waals surface area (Å²) in [7, 11) is 0. The van der Waals surface area contributed by atoms with Crippen LogP contribution in [0, 0.1) is 5.21 Å². The first-order valence-corrected chi connectivity index (χ1v) is 11.0. The highest BCUT2D eigenvalue weighted by Gasteiger charge is 2.44. The van der Waals surface area contributed by atoms with Gasteiger partial charge < -0.3 is 20.0 Å². The molecule has 0 amide bonds. The molecule has 0 saturated carbocycles. The van der Waals surface area contributed by atoms with Crippen LogP contribution in [0.4, 0.5) is 5.69 Å². The van der Waals surface area contributed by atoms with E-state index in [2.05, 4.69) is 5.32 Å². The molecule has 4 rings (SSSR count). The Kier molecular flexibility index (Phi) is 7.55. The average Bonchev–Trinajstić information content (AvgIpc) is 2.83. The summed E-state index contributed by atoms with van der Waals surface area (Å²) in [6.45, 7) is 2.16. The number of halogens is 1. The molecule has 7 heteroatoms. The summed E-state index contributed by atoms with van der Waals surface area (Å²) in [5, 5.41) is 23.7. The molecule has 0 aliphatic carbocycles. The van der Waals surface area contributed by atoms with E-state index in [1.807, 2.05) is 60.7 Å². The largest absolute Gasteiger partial charge is 0.595 e. The quantitative estimate of drug-likeness (QED) is 0.452. The van der Waals surface area contributed by atoms with Crippen molar-refractivity contribution in [2.24, 2.45) is 0 Å². The molecule has 3 atom stereocenters. The fourth-order valence-corrected chi connectivity index (χ4v) is 4.24. The predicted octanol–water partition coefficient (Wildman–Crippen LogP) is 3.73. The minimum atomic E-state index is -0.951. The van der Waals surface area contributed by atoms with Crippen LogP contribution in [0.3, 0.4) is 0 Å². The highest BCUT2D eigenvalue weighted by atomic mass is 35.5. The van der Waals surface area contributed by atoms with Gasteiger partial charge in [-0.1, -0.05) is 66.2 Å². The Hall–Kier alpha value is -2.29. The third-order valence-electron chi connectivity index (χ3n) is 5.82. The first kappa shape index (κ1) is 22.9. The zero-order valence-corrected chi connectivity index (χ0v) is 18.4. The van der Waals surface area contributed by atoms with Gasteiger partial charge in [-0.2, -0.15) is 5.23 Å². The van der Waals surface area contributed by atoms with Gasteiger partial charge in [0.05, 0.1) is 13.2 Å². The van der Waals surface area contributed by atoms with Crippen LogP contribution in [-0.2, 0) is 28.3 Å². The van der Waals surface area contributed by atoms with Crippen molar-refractivity contribution in [2.75, 3.05) is 13.1 Å². The average molecular weight is 455 g/mol. The fourth-order valence-electron chi connectivity index (χ4n) is 4.11. The lowest BCUT2D eigenvalue weighted by molar-refractivity contribution is -0.991. The molecule has 3 aromatic carbocycles. The highest BCUT2D eigenvalue weighted by molar-refractivity contribution is 6.30. The van der Waals surface area contributed by atoms with Crippen molar-refractivity contribution in [3.05, 3.63) is 106 Å². The van der Waals surface area contributed by atoms with E-state index in [4.69, 9.17) is 21.1 Å². The smallest absolute Gasteiger partial charge is 0.164 e. The van der Waals surface area contributed by atoms with Crippen LogP contribution >= 0.6 is 11.6 Å². The van der Waals surface area contributed by atoms with Gasteiger partial charge in [0.2, 0.25) is 0 Å². The Labute approximate surface area is 192 Å². The van der Waals surface area contributed by atoms with E-state index >= 15 is 0 Å². The third kappa shape index (κ3) is 5.36. The zero-order valence-electron chi connectivity index (χ0n) is 17.7. The van der Waals surface area contributed by atoms with Gasteiger partial charge >= 0.3 is 0 Å². The summed E-state index contributed by atoms with van der Waals surface area (Å²) in [4.78, 5) is 0. The third-order valence-corrected chi connectivity index (χ3v) is 6.07. The van der Waals surface area contributed by atoms with Crippen LogP contribution in [0.5, 0.6) is 0 Å². The molecular weight excluding hydrogens is 428 g/mol. The van der Waals surface area contributed by atoms with E-state index < -0.39 is 10.8 Å². The summed E-state index contributed by atoms with van der Waals surface area (Å²) in [5.74, 6) is 0. The number of quaternary nitrogens is 1. The van der Waals surface area contributed by atoms with Gasteiger partial charge in [0, 0.05) is 23.7 Å². The summed E-state index contributed by atoms with van der Waals surface area (Å²) in [5.41, 5.74) is 2.51. The molecule has 1 aliphatic rings. The monoisotopic (exact) mass is 454 g/mol. The molecule has 1 aliphatic heterocycles. The van der Waals surface area contributed by atoms with E-state index in [-0.39, 0.29) is 18.4 Å². The van der Waals surface area contributed by atoms with E-state index in [1.165, 1.54) is 0 Å². The van der Waals surface area contributed by atoms with Gasteiger partial charge in [-0.05, 0) is 41.8 Å². The first-order valence-electron chi connectivity index (χ1n) is 10.7. The molecule has 168 valence electrons. The number of hydrogen-bond donors (Lipinski definition) is 3. The van der Waals surface area contributed by atoms with Crippen molar-refractivity contribution in [1.29, 1.82) is 0 Å². The topological polar surface area (TPSA) is 78.2 Å². The Bertz CT molecular complexity index is 1000. The molecule has 1 saturated heterocycles. The molecule has 0 bridgehead atoms. The van der Waals surface area contributed by atoms with Crippen LogP contribution < -0.4 is 10.5 Å². The lowest BCUT2D eigenvalue weighted by Gasteiger charge is -2.44. The molecule has 6 nitrogen and oxygen atoms in total. The maximum Gasteiger partial charge on any atom is 0.164 e. The minimum Gasteiger partial charge on any atom is -0.595 e. The zero-order chi connectivity index (χ0) is 22.4. The number of hydrogen-bond acceptors (Lipinski definition) is 5. The van der Waals surface area contributed by atoms with Crippen molar-refractivity contribution >= 4 is 17.3 Å². The molecular formula is C25H27ClN2O4. The second-order valence-corrected chi connectivity index (χ2v) is 8.37. The number of piperidine rings is 1. The van der Waals surface area contributed by atoms with Gasteiger partial charge in [-0.25, -0.2) is 5.21 Å². The van der Waals surface area contributed by atoms with Gasteiger partial charge in [-0.3, -0.25) is 0 Å². The van der Waals surface area contributed by atoms with Crippen LogP contribution in [0.2, 0.25) is 5.02 Å². The first-order chi connectivity index (χ1) is 15.6. The molecule has 0 radical (unpaired) electrons. The Morgan fingerprint density at radius 1 is 1.00 bits per heavy atom. The normalized spacial score (nSPS) is 21.9. The minimum absolute atomic E-state index is 0.247.